The van der Waals surface area contributed by atoms with Gasteiger partial charge in [-0.15, -0.1) is 0 Å². The van der Waals surface area contributed by atoms with Crippen molar-refractivity contribution < 1.29 is 28.4 Å². The smallest absolute Gasteiger partial charge is 0.342 e. The van der Waals surface area contributed by atoms with Gasteiger partial charge in [-0.2, -0.15) is 0 Å². The highest BCUT2D eigenvalue weighted by Crippen LogP contribution is 2.44. The summed E-state index contributed by atoms with van der Waals surface area (Å²) >= 11 is 0. The molecule has 1 aliphatic rings. The van der Waals surface area contributed by atoms with E-state index in [-0.39, 0.29) is 25.4 Å². The molecule has 1 heterocycles. The Hall–Kier alpha value is -1.04. The number of ether oxygens (including phenoxy) is 2. The van der Waals surface area contributed by atoms with Crippen molar-refractivity contribution in [3.8, 4) is 0 Å². The average Bonchev–Trinajstić information content (AvgIpc) is 2.96. The predicted molar refractivity (Wildman–Crippen MR) is 86.1 cm³/mol. The van der Waals surface area contributed by atoms with Crippen LogP contribution in [0.4, 0.5) is 0 Å². The lowest BCUT2D eigenvalue weighted by atomic mass is 10.2. The highest BCUT2D eigenvalue weighted by atomic mass is 31.2. The Morgan fingerprint density at radius 1 is 1.39 bits per heavy atom. The van der Waals surface area contributed by atoms with Crippen LogP contribution in [-0.4, -0.2) is 42.8 Å². The lowest BCUT2D eigenvalue weighted by Crippen LogP contribution is -2.28. The monoisotopic (exact) mass is 342 g/mol. The predicted octanol–water partition coefficient (Wildman–Crippen LogP) is 3.16. The summed E-state index contributed by atoms with van der Waals surface area (Å²) in [5, 5.41) is 9.39. The number of aliphatic carboxylic acids is 1. The van der Waals surface area contributed by atoms with Gasteiger partial charge < -0.3 is 23.6 Å². The number of carbonyl (C=O) groups is 1. The fourth-order valence-corrected chi connectivity index (χ4v) is 3.45. The highest BCUT2D eigenvalue weighted by Gasteiger charge is 2.33. The van der Waals surface area contributed by atoms with Crippen LogP contribution in [0, 0.1) is 0 Å². The summed E-state index contributed by atoms with van der Waals surface area (Å²) in [5.74, 6) is -2.21. The molecule has 1 saturated heterocycles. The zero-order chi connectivity index (χ0) is 16.7. The number of benzene rings is 1. The molecule has 23 heavy (non-hydrogen) atoms. The van der Waals surface area contributed by atoms with Crippen LogP contribution in [0.2, 0.25) is 0 Å². The second-order valence-electron chi connectivity index (χ2n) is 5.40. The molecule has 7 heteroatoms. The van der Waals surface area contributed by atoms with Crippen molar-refractivity contribution in [3.05, 3.63) is 35.9 Å². The van der Waals surface area contributed by atoms with Crippen molar-refractivity contribution in [2.24, 2.45) is 0 Å². The van der Waals surface area contributed by atoms with Gasteiger partial charge in [-0.05, 0) is 25.3 Å². The summed E-state index contributed by atoms with van der Waals surface area (Å²) in [6.07, 6.45) is 1.98. The van der Waals surface area contributed by atoms with Crippen LogP contribution >= 0.6 is 8.38 Å². The third kappa shape index (κ3) is 5.83. The number of carboxylic acids is 1. The first-order valence-corrected chi connectivity index (χ1v) is 8.85. The van der Waals surface area contributed by atoms with Crippen molar-refractivity contribution in [1.82, 2.24) is 0 Å². The van der Waals surface area contributed by atoms with E-state index < -0.39 is 20.2 Å². The molecule has 0 amide bonds. The molecule has 1 aromatic rings. The van der Waals surface area contributed by atoms with Gasteiger partial charge in [0.15, 0.2) is 0 Å². The molecule has 0 saturated carbocycles. The molecule has 1 N–H and O–H groups in total. The first-order valence-electron chi connectivity index (χ1n) is 7.60. The molecule has 0 aromatic heterocycles. The minimum absolute atomic E-state index is 0.0605. The first kappa shape index (κ1) is 18.3. The van der Waals surface area contributed by atoms with Crippen molar-refractivity contribution in [2.75, 3.05) is 13.7 Å². The maximum atomic E-state index is 11.5. The summed E-state index contributed by atoms with van der Waals surface area (Å²) < 4.78 is 22.0. The van der Waals surface area contributed by atoms with Crippen LogP contribution in [0.3, 0.4) is 0 Å². The van der Waals surface area contributed by atoms with E-state index >= 15 is 0 Å². The number of carboxylic acid groups (broad SMARTS) is 1. The fourth-order valence-electron chi connectivity index (χ4n) is 2.36. The van der Waals surface area contributed by atoms with Gasteiger partial charge in [0.2, 0.25) is 14.2 Å². The second kappa shape index (κ2) is 9.30. The lowest BCUT2D eigenvalue weighted by molar-refractivity contribution is -0.147. The molecule has 0 radical (unpaired) electrons. The molecule has 1 fully saturated rings. The highest BCUT2D eigenvalue weighted by molar-refractivity contribution is 7.49. The van der Waals surface area contributed by atoms with E-state index in [0.29, 0.717) is 0 Å². The van der Waals surface area contributed by atoms with Crippen molar-refractivity contribution >= 4 is 14.3 Å². The Bertz CT molecular complexity index is 483. The zero-order valence-corrected chi connectivity index (χ0v) is 14.3. The lowest BCUT2D eigenvalue weighted by Gasteiger charge is -2.23. The second-order valence-corrected chi connectivity index (χ2v) is 7.06. The quantitative estimate of drug-likeness (QED) is 0.695. The fraction of sp³-hybridized carbons (Fsp3) is 0.562. The number of hydrogen-bond donors (Lipinski definition) is 1. The molecule has 4 atom stereocenters. The summed E-state index contributed by atoms with van der Waals surface area (Å²) in [5.41, 5.74) is 0.953. The van der Waals surface area contributed by atoms with E-state index in [1.807, 2.05) is 37.3 Å². The standard InChI is InChI=1S/C16H23O6P/c1-12-8-9-14(22-12)11-20-16(15(17)18)23(19-2)21-10-13-6-4-3-5-7-13/h3-7,12,14,16H,8-11H2,1-2H3,(H,17,18). The van der Waals surface area contributed by atoms with Gasteiger partial charge in [0, 0.05) is 7.11 Å². The van der Waals surface area contributed by atoms with Crippen LogP contribution < -0.4 is 0 Å². The Morgan fingerprint density at radius 2 is 2.13 bits per heavy atom. The first-order chi connectivity index (χ1) is 11.1. The molecule has 0 spiro atoms. The average molecular weight is 342 g/mol. The van der Waals surface area contributed by atoms with Crippen LogP contribution in [0.5, 0.6) is 0 Å². The molecule has 0 bridgehead atoms. The van der Waals surface area contributed by atoms with Crippen molar-refractivity contribution in [3.63, 3.8) is 0 Å². The van der Waals surface area contributed by atoms with Gasteiger partial charge in [-0.25, -0.2) is 4.79 Å². The molecule has 4 unspecified atom stereocenters. The molecular weight excluding hydrogens is 319 g/mol. The van der Waals surface area contributed by atoms with Crippen molar-refractivity contribution in [2.45, 2.75) is 44.4 Å². The van der Waals surface area contributed by atoms with Crippen molar-refractivity contribution in [1.29, 1.82) is 0 Å². The Balaban J connectivity index is 1.87. The third-order valence-corrected chi connectivity index (χ3v) is 5.04. The van der Waals surface area contributed by atoms with E-state index in [1.165, 1.54) is 7.11 Å². The van der Waals surface area contributed by atoms with Gasteiger partial charge in [0.25, 0.3) is 0 Å². The van der Waals surface area contributed by atoms with Gasteiger partial charge in [0.05, 0.1) is 25.4 Å². The molecule has 1 aliphatic heterocycles. The van der Waals surface area contributed by atoms with E-state index in [1.54, 1.807) is 0 Å². The number of hydrogen-bond acceptors (Lipinski definition) is 5. The summed E-state index contributed by atoms with van der Waals surface area (Å²) in [6.45, 7) is 2.52. The van der Waals surface area contributed by atoms with Gasteiger partial charge in [-0.1, -0.05) is 30.3 Å². The van der Waals surface area contributed by atoms with E-state index in [4.69, 9.17) is 18.5 Å². The molecule has 128 valence electrons. The Kier molecular flexibility index (Phi) is 7.40. The SMILES string of the molecule is COP(OCc1ccccc1)C(OCC1CCC(C)O1)C(=O)O. The summed E-state index contributed by atoms with van der Waals surface area (Å²) in [6, 6.07) is 9.53. The van der Waals surface area contributed by atoms with Gasteiger partial charge >= 0.3 is 5.97 Å². The van der Waals surface area contributed by atoms with Gasteiger partial charge in [0.1, 0.15) is 0 Å². The molecule has 0 aliphatic carbocycles. The van der Waals surface area contributed by atoms with E-state index in [9.17, 15) is 9.90 Å². The maximum absolute atomic E-state index is 11.5. The minimum Gasteiger partial charge on any atom is -0.479 e. The third-order valence-electron chi connectivity index (χ3n) is 3.54. The maximum Gasteiger partial charge on any atom is 0.342 e. The molecule has 2 rings (SSSR count). The zero-order valence-electron chi connectivity index (χ0n) is 13.4. The molecule has 6 nitrogen and oxygen atoms in total. The van der Waals surface area contributed by atoms with Crippen LogP contribution in [0.15, 0.2) is 30.3 Å². The largest absolute Gasteiger partial charge is 0.479 e. The van der Waals surface area contributed by atoms with Crippen LogP contribution in [0.1, 0.15) is 25.3 Å². The topological polar surface area (TPSA) is 74.2 Å². The number of rotatable bonds is 9. The van der Waals surface area contributed by atoms with E-state index in [0.717, 1.165) is 18.4 Å². The van der Waals surface area contributed by atoms with Crippen LogP contribution in [0.25, 0.3) is 0 Å². The van der Waals surface area contributed by atoms with Crippen LogP contribution in [-0.2, 0) is 29.9 Å². The van der Waals surface area contributed by atoms with E-state index in [2.05, 4.69) is 0 Å². The summed E-state index contributed by atoms with van der Waals surface area (Å²) in [4.78, 5) is 11.5. The molecular formula is C16H23O6P. The Labute approximate surface area is 137 Å². The minimum atomic E-state index is -1.69. The van der Waals surface area contributed by atoms with Gasteiger partial charge in [-0.3, -0.25) is 0 Å². The Morgan fingerprint density at radius 3 is 2.70 bits per heavy atom. The summed E-state index contributed by atoms with van der Waals surface area (Å²) in [7, 11) is -0.259. The molecule has 1 aromatic carbocycles. The normalized spacial score (nSPS) is 23.6.